The molecule has 596 valence electrons. The number of nitriles is 1. The van der Waals surface area contributed by atoms with Crippen LogP contribution in [0.1, 0.15) is 212 Å². The van der Waals surface area contributed by atoms with Gasteiger partial charge in [0.25, 0.3) is 0 Å². The minimum absolute atomic E-state index is 0.0551. The highest BCUT2D eigenvalue weighted by atomic mass is 35.5. The number of methoxy groups -OCH3 is 1. The number of ether oxygens (including phenoxy) is 3. The van der Waals surface area contributed by atoms with Gasteiger partial charge in [-0.15, -0.1) is 26.3 Å². The normalized spacial score (nSPS) is 12.5. The van der Waals surface area contributed by atoms with E-state index in [9.17, 15) is 74.6 Å². The molecule has 0 spiro atoms. The highest BCUT2D eigenvalue weighted by Gasteiger charge is 2.44. The predicted octanol–water partition coefficient (Wildman–Crippen LogP) is 31.4. The average Bonchev–Trinajstić information content (AvgIpc) is 0.765. The molecule has 0 aliphatic rings. The van der Waals surface area contributed by atoms with Crippen molar-refractivity contribution in [1.82, 2.24) is 0 Å². The number of halogens is 25. The van der Waals surface area contributed by atoms with E-state index in [-0.39, 0.29) is 47.5 Å². The third kappa shape index (κ3) is 32.1. The number of hydrogen-bond acceptors (Lipinski definition) is 4. The molecular weight excluding hydrogens is 1610 g/mol. The zero-order chi connectivity index (χ0) is 84.3. The van der Waals surface area contributed by atoms with Gasteiger partial charge in [0.15, 0.2) is 0 Å². The lowest BCUT2D eigenvalue weighted by Crippen LogP contribution is -2.25. The second-order valence-corrected chi connectivity index (χ2v) is 34.3. The van der Waals surface area contributed by atoms with Crippen LogP contribution >= 0.6 is 92.8 Å². The van der Waals surface area contributed by atoms with Crippen LogP contribution in [0, 0.1) is 29.9 Å². The first-order valence-corrected chi connectivity index (χ1v) is 35.0. The molecule has 29 heteroatoms. The maximum Gasteiger partial charge on any atom is 0.573 e. The molecule has 0 aliphatic heterocycles. The fourth-order valence-electron chi connectivity index (χ4n) is 10.1. The van der Waals surface area contributed by atoms with Gasteiger partial charge in [-0.25, -0.2) is 8.78 Å². The summed E-state index contributed by atoms with van der Waals surface area (Å²) in [5.41, 5.74) is -2.06. The lowest BCUT2D eigenvalue weighted by Gasteiger charge is -2.28. The van der Waals surface area contributed by atoms with Crippen molar-refractivity contribution in [3.05, 3.63) is 222 Å². The minimum atomic E-state index is -4.80. The fourth-order valence-corrected chi connectivity index (χ4v) is 14.1. The van der Waals surface area contributed by atoms with Gasteiger partial charge < -0.3 is 14.2 Å². The van der Waals surface area contributed by atoms with E-state index in [0.717, 1.165) is 29.3 Å². The Bertz CT molecular complexity index is 4040. The Kier molecular flexibility index (Phi) is 35.1. The minimum Gasteiger partial charge on any atom is -0.497 e. The van der Waals surface area contributed by atoms with E-state index in [1.54, 1.807) is 104 Å². The number of aryl methyl sites for hydroxylation is 1. The predicted molar refractivity (Wildman–Crippen MR) is 400 cm³/mol. The molecule has 7 aromatic carbocycles. The van der Waals surface area contributed by atoms with Gasteiger partial charge in [-0.1, -0.05) is 280 Å². The van der Waals surface area contributed by atoms with E-state index < -0.39 is 87.1 Å². The summed E-state index contributed by atoms with van der Waals surface area (Å²) in [6, 6.07) is 24.6. The average molecular weight is 1690 g/mol. The van der Waals surface area contributed by atoms with Crippen molar-refractivity contribution >= 4 is 92.8 Å². The van der Waals surface area contributed by atoms with Crippen LogP contribution in [0.2, 0.25) is 40.2 Å². The number of nitrogens with zero attached hydrogens (tertiary/aromatic N) is 1. The summed E-state index contributed by atoms with van der Waals surface area (Å²) < 4.78 is 226. The van der Waals surface area contributed by atoms with E-state index in [2.05, 4.69) is 30.2 Å². The van der Waals surface area contributed by atoms with E-state index in [4.69, 9.17) is 103 Å². The standard InChI is InChI=1S/C12H12F6.C12H15F3.C11H11Cl2F3O.C11H11Cl2N.C11H14Cl2O.C11H13F3O.C10H10Cl2F2/c1-10(2,3)9-7(11(13,14)15)5-4-6-8(9)12(16,17)18;1-8-5-6-9(11(2,3)4)10(7-8)12(13,14)15;1-10(2,3)9-7(12)4-6(5-8(9)13)17-11(14,15)16;1-11(2,3)10-8(12)4-7(6-14)5-9(10)13;1-11(2,3)10-8(12)5-7(14-4)6-9(10)13;1-10(2,3)8-6-4-5-7-9(8)15-11(12,13)14;1-10(2,3)7-8(11)5(13)4-6(14)9(7)12/h4-6H,1-3H3;5-7H,1-4H3;4-5H,1-3H3;4-5H,1-3H3;5-6H,1-4H3;4-7H,1-3H3;4H,1-3H3. The van der Waals surface area contributed by atoms with Crippen molar-refractivity contribution in [3.63, 3.8) is 0 Å². The van der Waals surface area contributed by atoms with E-state index >= 15 is 0 Å². The van der Waals surface area contributed by atoms with E-state index in [1.807, 2.05) is 68.4 Å². The van der Waals surface area contributed by atoms with E-state index in [0.29, 0.717) is 77.4 Å². The summed E-state index contributed by atoms with van der Waals surface area (Å²) >= 11 is 47.7. The number of para-hydroxylation sites is 1. The Morgan fingerprint density at radius 2 is 0.626 bits per heavy atom. The summed E-state index contributed by atoms with van der Waals surface area (Å²) in [5, 5.41) is 11.2. The van der Waals surface area contributed by atoms with Crippen LogP contribution < -0.4 is 14.2 Å². The second kappa shape index (κ2) is 37.7. The van der Waals surface area contributed by atoms with Crippen molar-refractivity contribution in [3.8, 4) is 23.3 Å². The lowest BCUT2D eigenvalue weighted by atomic mass is 9.80. The molecule has 0 atom stereocenters. The van der Waals surface area contributed by atoms with Gasteiger partial charge in [0, 0.05) is 41.8 Å². The summed E-state index contributed by atoms with van der Waals surface area (Å²) in [7, 11) is 1.60. The fraction of sp³-hybridized carbons (Fsp3) is 0.449. The van der Waals surface area contributed by atoms with Gasteiger partial charge in [0.1, 0.15) is 28.9 Å². The van der Waals surface area contributed by atoms with Gasteiger partial charge in [0.05, 0.1) is 45.5 Å². The molecule has 7 aromatic rings. The van der Waals surface area contributed by atoms with Crippen LogP contribution in [-0.2, 0) is 56.4 Å². The molecule has 0 aliphatic carbocycles. The van der Waals surface area contributed by atoms with Gasteiger partial charge in [-0.2, -0.15) is 44.8 Å². The number of hydrogen-bond donors (Lipinski definition) is 0. The molecule has 0 unspecified atom stereocenters. The van der Waals surface area contributed by atoms with Crippen LogP contribution in [0.15, 0.2) is 103 Å². The summed E-state index contributed by atoms with van der Waals surface area (Å²) in [6.07, 6.45) is -23.3. The Balaban J connectivity index is 0.000000625. The largest absolute Gasteiger partial charge is 0.573 e. The van der Waals surface area contributed by atoms with Crippen LogP contribution in [0.5, 0.6) is 17.2 Å². The zero-order valence-electron chi connectivity index (χ0n) is 62.9. The molecule has 107 heavy (non-hydrogen) atoms. The molecule has 4 nitrogen and oxygen atoms in total. The molecule has 0 bridgehead atoms. The van der Waals surface area contributed by atoms with Crippen molar-refractivity contribution < 1.29 is 88.8 Å². The molecule has 7 rings (SSSR count). The van der Waals surface area contributed by atoms with Crippen molar-refractivity contribution in [2.45, 2.75) is 221 Å². The first-order valence-electron chi connectivity index (χ1n) is 32.0. The maximum absolute atomic E-state index is 13.1. The van der Waals surface area contributed by atoms with Crippen molar-refractivity contribution in [2.75, 3.05) is 7.11 Å². The molecule has 0 saturated carbocycles. The number of rotatable bonds is 3. The van der Waals surface area contributed by atoms with Crippen LogP contribution in [0.4, 0.5) is 74.6 Å². The first kappa shape index (κ1) is 99.6. The summed E-state index contributed by atoms with van der Waals surface area (Å²) in [6.45, 7) is 39.8. The zero-order valence-corrected chi connectivity index (χ0v) is 69.0. The molecule has 0 heterocycles. The van der Waals surface area contributed by atoms with Gasteiger partial charge >= 0.3 is 31.3 Å². The smallest absolute Gasteiger partial charge is 0.497 e. The first-order chi connectivity index (χ1) is 47.6. The maximum atomic E-state index is 13.1. The Morgan fingerprint density at radius 3 is 0.916 bits per heavy atom. The third-order valence-corrected chi connectivity index (χ3v) is 16.9. The van der Waals surface area contributed by atoms with Crippen molar-refractivity contribution in [1.29, 1.82) is 5.26 Å². The van der Waals surface area contributed by atoms with Crippen molar-refractivity contribution in [2.24, 2.45) is 0 Å². The highest BCUT2D eigenvalue weighted by molar-refractivity contribution is 6.38. The van der Waals surface area contributed by atoms with E-state index in [1.165, 1.54) is 39.0 Å². The van der Waals surface area contributed by atoms with Gasteiger partial charge in [-0.3, -0.25) is 0 Å². The Morgan fingerprint density at radius 1 is 0.318 bits per heavy atom. The lowest BCUT2D eigenvalue weighted by molar-refractivity contribution is -0.275. The summed E-state index contributed by atoms with van der Waals surface area (Å²) in [4.78, 5) is 0. The number of benzene rings is 7. The summed E-state index contributed by atoms with van der Waals surface area (Å²) in [5.74, 6) is -1.41. The monoisotopic (exact) mass is 1690 g/mol. The molecule has 0 aromatic heterocycles. The van der Waals surface area contributed by atoms with Crippen LogP contribution in [0.25, 0.3) is 0 Å². The van der Waals surface area contributed by atoms with Crippen LogP contribution in [-0.4, -0.2) is 19.8 Å². The molecule has 0 radical (unpaired) electrons. The Hall–Kier alpha value is -5.44. The molecular formula is C78H86Cl8F17NO3. The number of alkyl halides is 15. The molecule has 0 saturated heterocycles. The van der Waals surface area contributed by atoms with Crippen LogP contribution in [0.3, 0.4) is 0 Å². The Labute approximate surface area is 656 Å². The molecule has 0 fully saturated rings. The third-order valence-electron chi connectivity index (χ3n) is 14.4. The highest BCUT2D eigenvalue weighted by Crippen LogP contribution is 2.47. The SMILES string of the molecule is CC(C)(C)c1c(C(F)(F)F)cccc1C(F)(F)F.CC(C)(C)c1c(Cl)c(F)cc(F)c1Cl.CC(C)(C)c1c(Cl)cc(C#N)cc1Cl.CC(C)(C)c1c(Cl)cc(OC(F)(F)F)cc1Cl.CC(C)(C)c1ccccc1OC(F)(F)F.COc1cc(Cl)c(C(C)(C)C)c(Cl)c1.Cc1ccc(C(C)(C)C)c(C(F)(F)F)c1. The molecule has 0 amide bonds. The van der Waals surface area contributed by atoms with Gasteiger partial charge in [-0.05, 0) is 139 Å². The molecule has 0 N–H and O–H groups in total. The second-order valence-electron chi connectivity index (χ2n) is 31.1. The quantitative estimate of drug-likeness (QED) is 0.131. The van der Waals surface area contributed by atoms with Gasteiger partial charge in [0.2, 0.25) is 0 Å². The topological polar surface area (TPSA) is 51.5 Å².